The summed E-state index contributed by atoms with van der Waals surface area (Å²) in [7, 11) is 0. The number of thioether (sulfide) groups is 1. The monoisotopic (exact) mass is 127 g/mol. The third kappa shape index (κ3) is 3.56. The summed E-state index contributed by atoms with van der Waals surface area (Å²) in [4.78, 5) is 0. The highest BCUT2D eigenvalue weighted by atomic mass is 32.2. The van der Waals surface area contributed by atoms with Gasteiger partial charge in [-0.05, 0) is 11.5 Å². The third-order valence-corrected chi connectivity index (χ3v) is 1.08. The number of rotatable bonds is 3. The first-order chi connectivity index (χ1) is 3.81. The maximum Gasteiger partial charge on any atom is 0.0697 e. The third-order valence-electron chi connectivity index (χ3n) is 0.502. The Morgan fingerprint density at radius 1 is 1.50 bits per heavy atom. The Balaban J connectivity index is 3.60. The Kier molecular flexibility index (Phi) is 4.17. The van der Waals surface area contributed by atoms with Crippen LogP contribution in [-0.2, 0) is 0 Å². The van der Waals surface area contributed by atoms with Crippen LogP contribution in [0.5, 0.6) is 0 Å². The quantitative estimate of drug-likeness (QED) is 0.585. The average Bonchev–Trinajstić information content (AvgIpc) is 1.68. The maximum atomic E-state index is 5.38. The Bertz CT molecular complexity index is 116. The van der Waals surface area contributed by atoms with Crippen LogP contribution in [-0.4, -0.2) is 0 Å². The van der Waals surface area contributed by atoms with E-state index in [1.54, 1.807) is 17.6 Å². The number of hydrogen-bond donors (Lipinski definition) is 1. The van der Waals surface area contributed by atoms with Gasteiger partial charge in [0.25, 0.3) is 0 Å². The molecule has 0 unspecified atom stereocenters. The molecule has 0 aliphatic carbocycles. The summed E-state index contributed by atoms with van der Waals surface area (Å²) >= 11 is 1.39. The molecule has 0 aliphatic heterocycles. The summed E-state index contributed by atoms with van der Waals surface area (Å²) in [6.07, 6.45) is 3.37. The molecule has 0 aliphatic rings. The van der Waals surface area contributed by atoms with Gasteiger partial charge in [0.1, 0.15) is 0 Å². The van der Waals surface area contributed by atoms with Gasteiger partial charge < -0.3 is 5.73 Å². The normalized spacial score (nSPS) is 10.8. The molecule has 0 amide bonds. The Labute approximate surface area is 54.0 Å². The van der Waals surface area contributed by atoms with E-state index in [0.29, 0.717) is 0 Å². The molecule has 0 aromatic heterocycles. The first-order valence-electron chi connectivity index (χ1n) is 2.17. The average molecular weight is 127 g/mol. The molecule has 0 bridgehead atoms. The van der Waals surface area contributed by atoms with Crippen molar-refractivity contribution in [2.24, 2.45) is 5.73 Å². The van der Waals surface area contributed by atoms with Crippen LogP contribution in [0.4, 0.5) is 0 Å². The van der Waals surface area contributed by atoms with Gasteiger partial charge in [-0.25, -0.2) is 0 Å². The van der Waals surface area contributed by atoms with E-state index in [4.69, 9.17) is 5.73 Å². The van der Waals surface area contributed by atoms with Crippen LogP contribution in [0.2, 0.25) is 0 Å². The van der Waals surface area contributed by atoms with Gasteiger partial charge in [-0.15, -0.1) is 0 Å². The number of hydrogen-bond acceptors (Lipinski definition) is 2. The molecule has 0 saturated carbocycles. The van der Waals surface area contributed by atoms with Crippen LogP contribution in [0.25, 0.3) is 0 Å². The lowest BCUT2D eigenvalue weighted by Crippen LogP contribution is -1.87. The van der Waals surface area contributed by atoms with Crippen LogP contribution in [0.1, 0.15) is 0 Å². The number of allylic oxidation sites excluding steroid dienone is 2. The van der Waals surface area contributed by atoms with Crippen molar-refractivity contribution < 1.29 is 0 Å². The summed E-state index contributed by atoms with van der Waals surface area (Å²) < 4.78 is 0. The van der Waals surface area contributed by atoms with Crippen molar-refractivity contribution in [3.63, 3.8) is 0 Å². The summed E-state index contributed by atoms with van der Waals surface area (Å²) in [5.41, 5.74) is 5.38. The van der Waals surface area contributed by atoms with Crippen LogP contribution < -0.4 is 5.73 Å². The van der Waals surface area contributed by atoms with Crippen LogP contribution in [0, 0.1) is 0 Å². The summed E-state index contributed by atoms with van der Waals surface area (Å²) in [6, 6.07) is 0. The van der Waals surface area contributed by atoms with Gasteiger partial charge in [-0.2, -0.15) is 0 Å². The second kappa shape index (κ2) is 4.53. The highest BCUT2D eigenvalue weighted by Crippen LogP contribution is 2.08. The Morgan fingerprint density at radius 2 is 2.12 bits per heavy atom. The lowest BCUT2D eigenvalue weighted by atomic mass is 10.6. The van der Waals surface area contributed by atoms with Gasteiger partial charge in [-0.3, -0.25) is 0 Å². The zero-order chi connectivity index (χ0) is 6.41. The summed E-state index contributed by atoms with van der Waals surface area (Å²) in [6.45, 7) is 6.97. The lowest BCUT2D eigenvalue weighted by Gasteiger charge is -1.88. The smallest absolute Gasteiger partial charge is 0.0697 e. The van der Waals surface area contributed by atoms with E-state index in [2.05, 4.69) is 13.2 Å². The first-order valence-corrected chi connectivity index (χ1v) is 3.05. The minimum absolute atomic E-state index is 0.718. The standard InChI is InChI=1S/C6H9NS/c1-3-5-6(7)8-4-2/h3-5H,1-2,7H2/b6-5-. The zero-order valence-corrected chi connectivity index (χ0v) is 5.45. The molecule has 0 saturated heterocycles. The molecule has 0 aromatic carbocycles. The zero-order valence-electron chi connectivity index (χ0n) is 4.63. The summed E-state index contributed by atoms with van der Waals surface area (Å²) in [5, 5.41) is 2.39. The predicted molar refractivity (Wildman–Crippen MR) is 40.3 cm³/mol. The minimum Gasteiger partial charge on any atom is -0.393 e. The largest absolute Gasteiger partial charge is 0.393 e. The van der Waals surface area contributed by atoms with E-state index in [9.17, 15) is 0 Å². The van der Waals surface area contributed by atoms with E-state index in [-0.39, 0.29) is 0 Å². The van der Waals surface area contributed by atoms with Gasteiger partial charge in [0.15, 0.2) is 0 Å². The summed E-state index contributed by atoms with van der Waals surface area (Å²) in [5.74, 6) is 0. The fraction of sp³-hybridized carbons (Fsp3) is 0. The lowest BCUT2D eigenvalue weighted by molar-refractivity contribution is 1.55. The molecule has 1 nitrogen and oxygen atoms in total. The molecule has 2 heteroatoms. The highest BCUT2D eigenvalue weighted by molar-refractivity contribution is 8.05. The van der Waals surface area contributed by atoms with E-state index in [0.717, 1.165) is 5.03 Å². The highest BCUT2D eigenvalue weighted by Gasteiger charge is 1.78. The maximum absolute atomic E-state index is 5.38. The predicted octanol–water partition coefficient (Wildman–Crippen LogP) is 1.85. The molecule has 0 heterocycles. The molecule has 0 spiro atoms. The van der Waals surface area contributed by atoms with Crippen molar-refractivity contribution >= 4 is 11.8 Å². The van der Waals surface area contributed by atoms with Gasteiger partial charge in [-0.1, -0.05) is 31.0 Å². The molecule has 0 fully saturated rings. The van der Waals surface area contributed by atoms with Crippen molar-refractivity contribution in [3.05, 3.63) is 35.7 Å². The van der Waals surface area contributed by atoms with E-state index in [1.165, 1.54) is 11.8 Å². The molecule has 2 N–H and O–H groups in total. The topological polar surface area (TPSA) is 26.0 Å². The molecule has 0 radical (unpaired) electrons. The molecule has 0 atom stereocenters. The molecular formula is C6H9NS. The van der Waals surface area contributed by atoms with Crippen molar-refractivity contribution in [3.8, 4) is 0 Å². The second-order valence-corrected chi connectivity index (χ2v) is 2.13. The van der Waals surface area contributed by atoms with Gasteiger partial charge in [0.2, 0.25) is 0 Å². The molecule has 44 valence electrons. The van der Waals surface area contributed by atoms with Crippen LogP contribution in [0.3, 0.4) is 0 Å². The van der Waals surface area contributed by atoms with Crippen molar-refractivity contribution in [1.29, 1.82) is 0 Å². The Hall–Kier alpha value is -0.630. The van der Waals surface area contributed by atoms with Gasteiger partial charge in [0.05, 0.1) is 5.03 Å². The van der Waals surface area contributed by atoms with E-state index < -0.39 is 0 Å². The molecule has 8 heavy (non-hydrogen) atoms. The minimum atomic E-state index is 0.718. The molecule has 0 rings (SSSR count). The van der Waals surface area contributed by atoms with E-state index >= 15 is 0 Å². The van der Waals surface area contributed by atoms with Gasteiger partial charge >= 0.3 is 0 Å². The van der Waals surface area contributed by atoms with Crippen LogP contribution in [0.15, 0.2) is 35.7 Å². The van der Waals surface area contributed by atoms with Crippen molar-refractivity contribution in [1.82, 2.24) is 0 Å². The molecular weight excluding hydrogens is 118 g/mol. The van der Waals surface area contributed by atoms with Crippen molar-refractivity contribution in [2.75, 3.05) is 0 Å². The number of nitrogens with two attached hydrogens (primary N) is 1. The van der Waals surface area contributed by atoms with Crippen molar-refractivity contribution in [2.45, 2.75) is 0 Å². The SMILES string of the molecule is C=C/C=C(/N)SC=C. The van der Waals surface area contributed by atoms with E-state index in [1.807, 2.05) is 0 Å². The first kappa shape index (κ1) is 7.37. The van der Waals surface area contributed by atoms with Crippen LogP contribution >= 0.6 is 11.8 Å². The fourth-order valence-corrected chi connectivity index (χ4v) is 0.619. The second-order valence-electron chi connectivity index (χ2n) is 1.09. The Morgan fingerprint density at radius 3 is 2.50 bits per heavy atom. The molecule has 0 aromatic rings. The fourth-order valence-electron chi connectivity index (χ4n) is 0.252. The van der Waals surface area contributed by atoms with Gasteiger partial charge in [0, 0.05) is 0 Å².